The molecule has 0 spiro atoms. The monoisotopic (exact) mass is 245 g/mol. The van der Waals surface area contributed by atoms with Gasteiger partial charge in [0, 0.05) is 12.6 Å². The van der Waals surface area contributed by atoms with Crippen LogP contribution in [0.5, 0.6) is 0 Å². The minimum Gasteiger partial charge on any atom is -0.304 e. The third-order valence-corrected chi connectivity index (χ3v) is 3.36. The van der Waals surface area contributed by atoms with Gasteiger partial charge in [-0.3, -0.25) is 0 Å². The van der Waals surface area contributed by atoms with Crippen LogP contribution in [0.25, 0.3) is 0 Å². The SMILES string of the molecule is CC(C)N(C)CCc1ccc(Cl)c(Cl)c1. The Labute approximate surface area is 102 Å². The van der Waals surface area contributed by atoms with Crippen LogP contribution in [0.1, 0.15) is 19.4 Å². The Morgan fingerprint density at radius 2 is 1.87 bits per heavy atom. The zero-order valence-electron chi connectivity index (χ0n) is 9.43. The third-order valence-electron chi connectivity index (χ3n) is 2.62. The molecule has 0 fully saturated rings. The molecule has 0 amide bonds. The molecule has 84 valence electrons. The van der Waals surface area contributed by atoms with Gasteiger partial charge in [-0.15, -0.1) is 0 Å². The molecule has 0 N–H and O–H groups in total. The van der Waals surface area contributed by atoms with Crippen LogP contribution in [0.15, 0.2) is 18.2 Å². The largest absolute Gasteiger partial charge is 0.304 e. The fraction of sp³-hybridized carbons (Fsp3) is 0.500. The van der Waals surface area contributed by atoms with E-state index in [2.05, 4.69) is 25.8 Å². The quantitative estimate of drug-likeness (QED) is 0.779. The molecule has 1 aromatic carbocycles. The van der Waals surface area contributed by atoms with Crippen molar-refractivity contribution in [1.29, 1.82) is 0 Å². The van der Waals surface area contributed by atoms with Crippen molar-refractivity contribution >= 4 is 23.2 Å². The van der Waals surface area contributed by atoms with Crippen LogP contribution in [0.3, 0.4) is 0 Å². The van der Waals surface area contributed by atoms with Crippen molar-refractivity contribution < 1.29 is 0 Å². The van der Waals surface area contributed by atoms with E-state index in [0.29, 0.717) is 16.1 Å². The maximum atomic E-state index is 5.95. The zero-order valence-corrected chi connectivity index (χ0v) is 10.9. The molecule has 0 aliphatic heterocycles. The van der Waals surface area contributed by atoms with Crippen LogP contribution in [0, 0.1) is 0 Å². The van der Waals surface area contributed by atoms with Crippen LogP contribution >= 0.6 is 23.2 Å². The Morgan fingerprint density at radius 1 is 1.20 bits per heavy atom. The number of benzene rings is 1. The molecule has 0 radical (unpaired) electrons. The predicted octanol–water partition coefficient (Wildman–Crippen LogP) is 3.88. The van der Waals surface area contributed by atoms with Crippen LogP contribution in [-0.4, -0.2) is 24.5 Å². The fourth-order valence-electron chi connectivity index (χ4n) is 1.26. The van der Waals surface area contributed by atoms with Crippen molar-refractivity contribution in [3.63, 3.8) is 0 Å². The lowest BCUT2D eigenvalue weighted by Gasteiger charge is -2.20. The van der Waals surface area contributed by atoms with E-state index in [-0.39, 0.29) is 0 Å². The highest BCUT2D eigenvalue weighted by Crippen LogP contribution is 2.22. The molecule has 1 rings (SSSR count). The normalized spacial score (nSPS) is 11.4. The van der Waals surface area contributed by atoms with E-state index < -0.39 is 0 Å². The second-order valence-corrected chi connectivity index (χ2v) is 4.89. The van der Waals surface area contributed by atoms with Crippen molar-refractivity contribution in [3.8, 4) is 0 Å². The molecule has 1 aromatic rings. The van der Waals surface area contributed by atoms with Gasteiger partial charge in [0.05, 0.1) is 10.0 Å². The molecule has 3 heteroatoms. The van der Waals surface area contributed by atoms with E-state index in [4.69, 9.17) is 23.2 Å². The summed E-state index contributed by atoms with van der Waals surface area (Å²) in [6, 6.07) is 6.41. The topological polar surface area (TPSA) is 3.24 Å². The van der Waals surface area contributed by atoms with Crippen molar-refractivity contribution in [2.24, 2.45) is 0 Å². The predicted molar refractivity (Wildman–Crippen MR) is 67.9 cm³/mol. The van der Waals surface area contributed by atoms with E-state index in [1.54, 1.807) is 0 Å². The fourth-order valence-corrected chi connectivity index (χ4v) is 1.58. The maximum Gasteiger partial charge on any atom is 0.0595 e. The summed E-state index contributed by atoms with van der Waals surface area (Å²) in [7, 11) is 2.13. The maximum absolute atomic E-state index is 5.95. The Bertz CT molecular complexity index is 323. The molecule has 0 aliphatic carbocycles. The number of hydrogen-bond donors (Lipinski definition) is 0. The summed E-state index contributed by atoms with van der Waals surface area (Å²) >= 11 is 11.8. The van der Waals surface area contributed by atoms with E-state index in [9.17, 15) is 0 Å². The summed E-state index contributed by atoms with van der Waals surface area (Å²) in [5.74, 6) is 0. The summed E-state index contributed by atoms with van der Waals surface area (Å²) in [4.78, 5) is 2.31. The molecule has 0 bridgehead atoms. The Kier molecular flexibility index (Phi) is 4.91. The van der Waals surface area contributed by atoms with Gasteiger partial charge in [-0.2, -0.15) is 0 Å². The lowest BCUT2D eigenvalue weighted by molar-refractivity contribution is 0.277. The summed E-state index contributed by atoms with van der Waals surface area (Å²) in [5.41, 5.74) is 1.23. The average molecular weight is 246 g/mol. The van der Waals surface area contributed by atoms with E-state index in [1.807, 2.05) is 18.2 Å². The molecule has 0 unspecified atom stereocenters. The van der Waals surface area contributed by atoms with Gasteiger partial charge in [0.15, 0.2) is 0 Å². The van der Waals surface area contributed by atoms with Gasteiger partial charge in [-0.05, 0) is 45.0 Å². The Morgan fingerprint density at radius 3 is 2.40 bits per heavy atom. The molecule has 0 aliphatic rings. The lowest BCUT2D eigenvalue weighted by Crippen LogP contribution is -2.28. The van der Waals surface area contributed by atoms with Gasteiger partial charge in [0.1, 0.15) is 0 Å². The zero-order chi connectivity index (χ0) is 11.4. The number of hydrogen-bond acceptors (Lipinski definition) is 1. The number of rotatable bonds is 4. The van der Waals surface area contributed by atoms with Crippen molar-refractivity contribution in [2.45, 2.75) is 26.3 Å². The number of halogens is 2. The first kappa shape index (κ1) is 12.8. The van der Waals surface area contributed by atoms with Crippen molar-refractivity contribution in [3.05, 3.63) is 33.8 Å². The lowest BCUT2D eigenvalue weighted by atomic mass is 10.1. The first-order valence-electron chi connectivity index (χ1n) is 5.15. The summed E-state index contributed by atoms with van der Waals surface area (Å²) < 4.78 is 0. The van der Waals surface area contributed by atoms with Crippen LogP contribution in [0.4, 0.5) is 0 Å². The van der Waals surface area contributed by atoms with Crippen molar-refractivity contribution in [1.82, 2.24) is 4.90 Å². The molecule has 1 nitrogen and oxygen atoms in total. The Hall–Kier alpha value is -0.240. The van der Waals surface area contributed by atoms with Crippen LogP contribution in [-0.2, 0) is 6.42 Å². The highest BCUT2D eigenvalue weighted by Gasteiger charge is 2.04. The second-order valence-electron chi connectivity index (χ2n) is 4.07. The van der Waals surface area contributed by atoms with Crippen molar-refractivity contribution in [2.75, 3.05) is 13.6 Å². The molecule has 0 atom stereocenters. The smallest absolute Gasteiger partial charge is 0.0595 e. The van der Waals surface area contributed by atoms with E-state index in [0.717, 1.165) is 13.0 Å². The third kappa shape index (κ3) is 4.02. The molecule has 0 saturated heterocycles. The molecular formula is C12H17Cl2N. The highest BCUT2D eigenvalue weighted by molar-refractivity contribution is 6.42. The van der Waals surface area contributed by atoms with E-state index in [1.165, 1.54) is 5.56 Å². The number of nitrogens with zero attached hydrogens (tertiary/aromatic N) is 1. The second kappa shape index (κ2) is 5.74. The first-order valence-corrected chi connectivity index (χ1v) is 5.90. The minimum atomic E-state index is 0.577. The summed E-state index contributed by atoms with van der Waals surface area (Å²) in [6.07, 6.45) is 1.01. The molecule has 0 aromatic heterocycles. The van der Waals surface area contributed by atoms with Gasteiger partial charge in [0.2, 0.25) is 0 Å². The van der Waals surface area contributed by atoms with Gasteiger partial charge in [-0.25, -0.2) is 0 Å². The molecule has 15 heavy (non-hydrogen) atoms. The van der Waals surface area contributed by atoms with Gasteiger partial charge < -0.3 is 4.90 Å². The molecule has 0 heterocycles. The first-order chi connectivity index (χ1) is 7.00. The standard InChI is InChI=1S/C12H17Cl2N/c1-9(2)15(3)7-6-10-4-5-11(13)12(14)8-10/h4-5,8-9H,6-7H2,1-3H3. The molecular weight excluding hydrogens is 229 g/mol. The summed E-state index contributed by atoms with van der Waals surface area (Å²) in [6.45, 7) is 5.42. The van der Waals surface area contributed by atoms with Crippen LogP contribution in [0.2, 0.25) is 10.0 Å². The van der Waals surface area contributed by atoms with Crippen LogP contribution < -0.4 is 0 Å². The average Bonchev–Trinajstić information content (AvgIpc) is 2.19. The summed E-state index contributed by atoms with van der Waals surface area (Å²) in [5, 5.41) is 1.26. The highest BCUT2D eigenvalue weighted by atomic mass is 35.5. The van der Waals surface area contributed by atoms with Gasteiger partial charge in [-0.1, -0.05) is 29.3 Å². The van der Waals surface area contributed by atoms with Gasteiger partial charge >= 0.3 is 0 Å². The minimum absolute atomic E-state index is 0.577. The van der Waals surface area contributed by atoms with E-state index >= 15 is 0 Å². The van der Waals surface area contributed by atoms with Gasteiger partial charge in [0.25, 0.3) is 0 Å². The number of likely N-dealkylation sites (N-methyl/N-ethyl adjacent to an activating group) is 1. The Balaban J connectivity index is 2.55. The molecule has 0 saturated carbocycles.